The lowest BCUT2D eigenvalue weighted by Gasteiger charge is -2.08. The van der Waals surface area contributed by atoms with Crippen molar-refractivity contribution in [1.29, 1.82) is 0 Å². The third-order valence-corrected chi connectivity index (χ3v) is 5.21. The SMILES string of the molecule is Cc1ccc(-c2cc(C(F)(F)F)nn2C)cc1SCC1CC1. The molecule has 1 heterocycles. The molecule has 0 N–H and O–H groups in total. The number of aryl methyl sites for hydroxylation is 2. The van der Waals surface area contributed by atoms with E-state index in [-0.39, 0.29) is 0 Å². The Balaban J connectivity index is 1.90. The summed E-state index contributed by atoms with van der Waals surface area (Å²) in [6, 6.07) is 6.90. The molecule has 1 fully saturated rings. The van der Waals surface area contributed by atoms with Crippen LogP contribution in [0.25, 0.3) is 11.3 Å². The highest BCUT2D eigenvalue weighted by Gasteiger charge is 2.34. The van der Waals surface area contributed by atoms with Crippen molar-refractivity contribution < 1.29 is 13.2 Å². The maximum Gasteiger partial charge on any atom is 0.435 e. The lowest BCUT2D eigenvalue weighted by molar-refractivity contribution is -0.141. The third-order valence-electron chi connectivity index (χ3n) is 3.83. The molecule has 0 saturated heterocycles. The average Bonchev–Trinajstić information content (AvgIpc) is 3.18. The van der Waals surface area contributed by atoms with Crippen molar-refractivity contribution >= 4 is 11.8 Å². The van der Waals surface area contributed by atoms with E-state index in [0.29, 0.717) is 5.69 Å². The van der Waals surface area contributed by atoms with Gasteiger partial charge in [-0.3, -0.25) is 4.68 Å². The summed E-state index contributed by atoms with van der Waals surface area (Å²) in [6.45, 7) is 2.03. The Morgan fingerprint density at radius 1 is 1.27 bits per heavy atom. The maximum absolute atomic E-state index is 12.8. The first kappa shape index (κ1) is 15.5. The van der Waals surface area contributed by atoms with Crippen LogP contribution in [0.1, 0.15) is 24.1 Å². The first-order chi connectivity index (χ1) is 10.3. The summed E-state index contributed by atoms with van der Waals surface area (Å²) < 4.78 is 39.6. The molecule has 118 valence electrons. The van der Waals surface area contributed by atoms with Gasteiger partial charge in [0, 0.05) is 23.3 Å². The number of thioether (sulfide) groups is 1. The molecular formula is C16H17F3N2S. The zero-order valence-corrected chi connectivity index (χ0v) is 13.3. The van der Waals surface area contributed by atoms with Gasteiger partial charge >= 0.3 is 6.18 Å². The first-order valence-electron chi connectivity index (χ1n) is 7.19. The van der Waals surface area contributed by atoms with Gasteiger partial charge in [0.05, 0.1) is 5.69 Å². The number of hydrogen-bond acceptors (Lipinski definition) is 2. The molecule has 2 nitrogen and oxygen atoms in total. The van der Waals surface area contributed by atoms with Crippen molar-refractivity contribution in [2.75, 3.05) is 5.75 Å². The van der Waals surface area contributed by atoms with Crippen LogP contribution in [0, 0.1) is 12.8 Å². The van der Waals surface area contributed by atoms with Crippen LogP contribution in [0.2, 0.25) is 0 Å². The molecule has 6 heteroatoms. The van der Waals surface area contributed by atoms with Gasteiger partial charge in [0.25, 0.3) is 0 Å². The fourth-order valence-corrected chi connectivity index (χ4v) is 3.54. The molecular weight excluding hydrogens is 309 g/mol. The Morgan fingerprint density at radius 3 is 2.59 bits per heavy atom. The second-order valence-electron chi connectivity index (χ2n) is 5.77. The maximum atomic E-state index is 12.8. The fraction of sp³-hybridized carbons (Fsp3) is 0.438. The van der Waals surface area contributed by atoms with Gasteiger partial charge in [0.1, 0.15) is 0 Å². The Bertz CT molecular complexity index is 687. The molecule has 1 aromatic carbocycles. The van der Waals surface area contributed by atoms with Crippen LogP contribution in [-0.2, 0) is 13.2 Å². The minimum absolute atomic E-state index is 0.487. The quantitative estimate of drug-likeness (QED) is 0.743. The van der Waals surface area contributed by atoms with Crippen molar-refractivity contribution in [1.82, 2.24) is 9.78 Å². The van der Waals surface area contributed by atoms with Crippen LogP contribution >= 0.6 is 11.8 Å². The molecule has 0 bridgehead atoms. The molecule has 0 aliphatic heterocycles. The molecule has 1 aliphatic rings. The van der Waals surface area contributed by atoms with Crippen LogP contribution in [0.4, 0.5) is 13.2 Å². The largest absolute Gasteiger partial charge is 0.435 e. The summed E-state index contributed by atoms with van der Waals surface area (Å²) in [4.78, 5) is 1.14. The number of aromatic nitrogens is 2. The summed E-state index contributed by atoms with van der Waals surface area (Å²) >= 11 is 1.79. The van der Waals surface area contributed by atoms with Gasteiger partial charge in [-0.1, -0.05) is 12.1 Å². The van der Waals surface area contributed by atoms with Crippen molar-refractivity contribution in [3.8, 4) is 11.3 Å². The first-order valence-corrected chi connectivity index (χ1v) is 8.18. The minimum atomic E-state index is -4.41. The van der Waals surface area contributed by atoms with Gasteiger partial charge < -0.3 is 0 Å². The molecule has 0 atom stereocenters. The number of halogens is 3. The number of nitrogens with zero attached hydrogens (tertiary/aromatic N) is 2. The smallest absolute Gasteiger partial charge is 0.267 e. The van der Waals surface area contributed by atoms with E-state index < -0.39 is 11.9 Å². The minimum Gasteiger partial charge on any atom is -0.267 e. The molecule has 0 radical (unpaired) electrons. The van der Waals surface area contributed by atoms with E-state index in [1.165, 1.54) is 17.5 Å². The molecule has 0 spiro atoms. The fourth-order valence-electron chi connectivity index (χ4n) is 2.28. The highest BCUT2D eigenvalue weighted by atomic mass is 32.2. The Hall–Kier alpha value is -1.43. The Labute approximate surface area is 131 Å². The van der Waals surface area contributed by atoms with E-state index in [0.717, 1.165) is 33.8 Å². The van der Waals surface area contributed by atoms with E-state index in [4.69, 9.17) is 0 Å². The van der Waals surface area contributed by atoms with E-state index in [9.17, 15) is 13.2 Å². The van der Waals surface area contributed by atoms with Gasteiger partial charge in [-0.15, -0.1) is 11.8 Å². The van der Waals surface area contributed by atoms with Crippen LogP contribution in [0.3, 0.4) is 0 Å². The van der Waals surface area contributed by atoms with E-state index >= 15 is 0 Å². The molecule has 1 saturated carbocycles. The summed E-state index contributed by atoms with van der Waals surface area (Å²) in [5.41, 5.74) is 1.57. The average molecular weight is 326 g/mol. The van der Waals surface area contributed by atoms with E-state index in [1.807, 2.05) is 25.1 Å². The summed E-state index contributed by atoms with van der Waals surface area (Å²) in [7, 11) is 1.54. The second kappa shape index (κ2) is 5.65. The Kier molecular flexibility index (Phi) is 3.97. The predicted octanol–water partition coefficient (Wildman–Crippen LogP) is 4.92. The molecule has 1 aliphatic carbocycles. The molecule has 22 heavy (non-hydrogen) atoms. The highest BCUT2D eigenvalue weighted by molar-refractivity contribution is 7.99. The lowest BCUT2D eigenvalue weighted by atomic mass is 10.1. The number of alkyl halides is 3. The van der Waals surface area contributed by atoms with Gasteiger partial charge in [-0.05, 0) is 43.4 Å². The predicted molar refractivity (Wildman–Crippen MR) is 81.8 cm³/mol. The number of rotatable bonds is 4. The monoisotopic (exact) mass is 326 g/mol. The topological polar surface area (TPSA) is 17.8 Å². The zero-order chi connectivity index (χ0) is 15.9. The van der Waals surface area contributed by atoms with E-state index in [1.54, 1.807) is 18.8 Å². The van der Waals surface area contributed by atoms with E-state index in [2.05, 4.69) is 5.10 Å². The lowest BCUT2D eigenvalue weighted by Crippen LogP contribution is -2.06. The third kappa shape index (κ3) is 3.32. The normalized spacial score (nSPS) is 15.3. The summed E-state index contributed by atoms with van der Waals surface area (Å²) in [5.74, 6) is 1.89. The van der Waals surface area contributed by atoms with Crippen molar-refractivity contribution in [3.63, 3.8) is 0 Å². The molecule has 0 unspecified atom stereocenters. The Morgan fingerprint density at radius 2 is 2.00 bits per heavy atom. The molecule has 0 amide bonds. The number of benzene rings is 1. The number of hydrogen-bond donors (Lipinski definition) is 0. The summed E-state index contributed by atoms with van der Waals surface area (Å²) in [5, 5.41) is 3.58. The van der Waals surface area contributed by atoms with Gasteiger partial charge in [-0.25, -0.2) is 0 Å². The zero-order valence-electron chi connectivity index (χ0n) is 12.4. The van der Waals surface area contributed by atoms with Gasteiger partial charge in [0.2, 0.25) is 0 Å². The molecule has 3 rings (SSSR count). The molecule has 2 aromatic rings. The van der Waals surface area contributed by atoms with Crippen LogP contribution < -0.4 is 0 Å². The van der Waals surface area contributed by atoms with Gasteiger partial charge in [0.15, 0.2) is 5.69 Å². The van der Waals surface area contributed by atoms with Crippen molar-refractivity contribution in [2.24, 2.45) is 13.0 Å². The van der Waals surface area contributed by atoms with Crippen molar-refractivity contribution in [2.45, 2.75) is 30.8 Å². The second-order valence-corrected chi connectivity index (χ2v) is 6.83. The highest BCUT2D eigenvalue weighted by Crippen LogP contribution is 2.38. The van der Waals surface area contributed by atoms with Crippen LogP contribution in [-0.4, -0.2) is 15.5 Å². The van der Waals surface area contributed by atoms with Crippen LogP contribution in [0.15, 0.2) is 29.2 Å². The van der Waals surface area contributed by atoms with Gasteiger partial charge in [-0.2, -0.15) is 18.3 Å². The standard InChI is InChI=1S/C16H17F3N2S/c1-10-3-6-12(7-14(10)22-9-11-4-5-11)13-8-15(16(17,18)19)20-21(13)2/h3,6-8,11H,4-5,9H2,1-2H3. The summed E-state index contributed by atoms with van der Waals surface area (Å²) in [6.07, 6.45) is -1.82. The molecule has 1 aromatic heterocycles. The van der Waals surface area contributed by atoms with Crippen LogP contribution in [0.5, 0.6) is 0 Å². The van der Waals surface area contributed by atoms with Crippen molar-refractivity contribution in [3.05, 3.63) is 35.5 Å².